The number of benzene rings is 2. The van der Waals surface area contributed by atoms with E-state index in [1.165, 1.54) is 0 Å². The highest BCUT2D eigenvalue weighted by atomic mass is 32.2. The molecule has 1 aliphatic heterocycles. The lowest BCUT2D eigenvalue weighted by Gasteiger charge is -2.48. The number of amides is 2. The summed E-state index contributed by atoms with van der Waals surface area (Å²) >= 11 is 0. The summed E-state index contributed by atoms with van der Waals surface area (Å²) in [7, 11) is -3.33. The van der Waals surface area contributed by atoms with E-state index in [0.29, 0.717) is 19.5 Å². The maximum Gasteiger partial charge on any atom is 0.317 e. The molecule has 2 amide bonds. The number of urea groups is 1. The Hall–Kier alpha value is -2.38. The third kappa shape index (κ3) is 4.87. The normalized spacial score (nSPS) is 19.4. The smallest absolute Gasteiger partial charge is 0.317 e. The molecule has 0 aromatic heterocycles. The topological polar surface area (TPSA) is 78.5 Å². The second kappa shape index (κ2) is 8.10. The SMILES string of the molecule is CCNC(=O)N1CC(NS(C)(=O)=O)C1Cc1cccc(-c2ccccc2)c1. The zero-order chi connectivity index (χ0) is 19.4. The van der Waals surface area contributed by atoms with Crippen molar-refractivity contribution in [1.82, 2.24) is 14.9 Å². The fourth-order valence-electron chi connectivity index (χ4n) is 3.43. The van der Waals surface area contributed by atoms with Gasteiger partial charge in [0, 0.05) is 13.1 Å². The second-order valence-electron chi connectivity index (χ2n) is 6.82. The van der Waals surface area contributed by atoms with E-state index in [2.05, 4.69) is 28.2 Å². The van der Waals surface area contributed by atoms with Crippen LogP contribution in [0.2, 0.25) is 0 Å². The molecular weight excluding hydrogens is 362 g/mol. The van der Waals surface area contributed by atoms with Gasteiger partial charge in [-0.15, -0.1) is 0 Å². The average molecular weight is 388 g/mol. The zero-order valence-electron chi connectivity index (χ0n) is 15.6. The molecule has 6 nitrogen and oxygen atoms in total. The van der Waals surface area contributed by atoms with Crippen molar-refractivity contribution in [2.75, 3.05) is 19.3 Å². The van der Waals surface area contributed by atoms with Crippen LogP contribution in [0.15, 0.2) is 54.6 Å². The van der Waals surface area contributed by atoms with Gasteiger partial charge in [0.05, 0.1) is 18.3 Å². The highest BCUT2D eigenvalue weighted by molar-refractivity contribution is 7.88. The summed E-state index contributed by atoms with van der Waals surface area (Å²) < 4.78 is 25.9. The van der Waals surface area contributed by atoms with E-state index in [4.69, 9.17) is 0 Å². The average Bonchev–Trinajstić information content (AvgIpc) is 2.63. The van der Waals surface area contributed by atoms with Crippen LogP contribution in [-0.2, 0) is 16.4 Å². The van der Waals surface area contributed by atoms with Crippen LogP contribution in [0.5, 0.6) is 0 Å². The van der Waals surface area contributed by atoms with Gasteiger partial charge in [-0.25, -0.2) is 17.9 Å². The van der Waals surface area contributed by atoms with Crippen LogP contribution in [0, 0.1) is 0 Å². The molecule has 144 valence electrons. The molecule has 1 heterocycles. The summed E-state index contributed by atoms with van der Waals surface area (Å²) in [5.74, 6) is 0. The van der Waals surface area contributed by atoms with Gasteiger partial charge >= 0.3 is 6.03 Å². The summed E-state index contributed by atoms with van der Waals surface area (Å²) in [5.41, 5.74) is 3.29. The first-order valence-corrected chi connectivity index (χ1v) is 10.9. The van der Waals surface area contributed by atoms with Gasteiger partial charge in [-0.2, -0.15) is 0 Å². The fourth-order valence-corrected chi connectivity index (χ4v) is 4.21. The number of hydrogen-bond acceptors (Lipinski definition) is 3. The first-order chi connectivity index (χ1) is 12.9. The molecule has 27 heavy (non-hydrogen) atoms. The minimum Gasteiger partial charge on any atom is -0.338 e. The Bertz CT molecular complexity index is 900. The van der Waals surface area contributed by atoms with E-state index in [9.17, 15) is 13.2 Å². The minimum absolute atomic E-state index is 0.159. The van der Waals surface area contributed by atoms with Gasteiger partial charge in [0.25, 0.3) is 0 Å². The Morgan fingerprint density at radius 3 is 2.48 bits per heavy atom. The molecule has 0 bridgehead atoms. The number of hydrogen-bond donors (Lipinski definition) is 2. The Morgan fingerprint density at radius 2 is 1.81 bits per heavy atom. The van der Waals surface area contributed by atoms with Crippen LogP contribution >= 0.6 is 0 Å². The molecular formula is C20H25N3O3S. The summed E-state index contributed by atoms with van der Waals surface area (Å²) in [6.07, 6.45) is 1.74. The van der Waals surface area contributed by atoms with E-state index in [1.54, 1.807) is 4.90 Å². The summed E-state index contributed by atoms with van der Waals surface area (Å²) in [6.45, 7) is 2.78. The minimum atomic E-state index is -3.33. The Kier molecular flexibility index (Phi) is 5.82. The summed E-state index contributed by atoms with van der Waals surface area (Å²) in [6, 6.07) is 17.6. The lowest BCUT2D eigenvalue weighted by atomic mass is 9.90. The predicted molar refractivity (Wildman–Crippen MR) is 107 cm³/mol. The van der Waals surface area contributed by atoms with Gasteiger partial charge in [-0.3, -0.25) is 0 Å². The first-order valence-electron chi connectivity index (χ1n) is 9.03. The van der Waals surface area contributed by atoms with E-state index in [0.717, 1.165) is 22.9 Å². The molecule has 1 saturated heterocycles. The van der Waals surface area contributed by atoms with Crippen molar-refractivity contribution in [3.05, 3.63) is 60.2 Å². The van der Waals surface area contributed by atoms with Crippen LogP contribution in [-0.4, -0.2) is 50.8 Å². The molecule has 2 N–H and O–H groups in total. The third-order valence-electron chi connectivity index (χ3n) is 4.69. The van der Waals surface area contributed by atoms with Crippen molar-refractivity contribution in [2.24, 2.45) is 0 Å². The summed E-state index contributed by atoms with van der Waals surface area (Å²) in [5, 5.41) is 2.79. The van der Waals surface area contributed by atoms with Gasteiger partial charge in [-0.1, -0.05) is 54.6 Å². The monoisotopic (exact) mass is 387 g/mol. The Balaban J connectivity index is 1.80. The predicted octanol–water partition coefficient (Wildman–Crippen LogP) is 2.23. The molecule has 2 unspecified atom stereocenters. The van der Waals surface area contributed by atoms with Crippen molar-refractivity contribution in [3.8, 4) is 11.1 Å². The fraction of sp³-hybridized carbons (Fsp3) is 0.350. The highest BCUT2D eigenvalue weighted by Gasteiger charge is 2.42. The van der Waals surface area contributed by atoms with Crippen LogP contribution < -0.4 is 10.0 Å². The number of sulfonamides is 1. The maximum absolute atomic E-state index is 12.3. The van der Waals surface area contributed by atoms with E-state index >= 15 is 0 Å². The number of nitrogens with one attached hydrogen (secondary N) is 2. The van der Waals surface area contributed by atoms with Crippen LogP contribution in [0.25, 0.3) is 11.1 Å². The number of carbonyl (C=O) groups excluding carboxylic acids is 1. The van der Waals surface area contributed by atoms with E-state index < -0.39 is 10.0 Å². The highest BCUT2D eigenvalue weighted by Crippen LogP contribution is 2.26. The van der Waals surface area contributed by atoms with Gasteiger partial charge in [0.15, 0.2) is 0 Å². The molecule has 1 fully saturated rings. The molecule has 0 aliphatic carbocycles. The largest absolute Gasteiger partial charge is 0.338 e. The molecule has 2 aromatic carbocycles. The van der Waals surface area contributed by atoms with Crippen molar-refractivity contribution in [3.63, 3.8) is 0 Å². The quantitative estimate of drug-likeness (QED) is 0.798. The first kappa shape index (κ1) is 19.4. The van der Waals surface area contributed by atoms with Crippen LogP contribution in [0.1, 0.15) is 12.5 Å². The van der Waals surface area contributed by atoms with E-state index in [-0.39, 0.29) is 18.1 Å². The van der Waals surface area contributed by atoms with E-state index in [1.807, 2.05) is 43.3 Å². The van der Waals surface area contributed by atoms with Gasteiger partial charge < -0.3 is 10.2 Å². The Morgan fingerprint density at radius 1 is 1.11 bits per heavy atom. The van der Waals surface area contributed by atoms with Crippen molar-refractivity contribution in [2.45, 2.75) is 25.4 Å². The number of carbonyl (C=O) groups is 1. The van der Waals surface area contributed by atoms with Crippen molar-refractivity contribution >= 4 is 16.1 Å². The van der Waals surface area contributed by atoms with Gasteiger partial charge in [-0.05, 0) is 30.0 Å². The zero-order valence-corrected chi connectivity index (χ0v) is 16.4. The molecule has 1 aliphatic rings. The van der Waals surface area contributed by atoms with Crippen LogP contribution in [0.4, 0.5) is 4.79 Å². The second-order valence-corrected chi connectivity index (χ2v) is 8.60. The Labute approximate surface area is 160 Å². The van der Waals surface area contributed by atoms with Crippen molar-refractivity contribution in [1.29, 1.82) is 0 Å². The lowest BCUT2D eigenvalue weighted by Crippen LogP contribution is -2.70. The molecule has 7 heteroatoms. The molecule has 0 saturated carbocycles. The lowest BCUT2D eigenvalue weighted by molar-refractivity contribution is 0.0851. The van der Waals surface area contributed by atoms with Crippen LogP contribution in [0.3, 0.4) is 0 Å². The maximum atomic E-state index is 12.3. The molecule has 0 radical (unpaired) electrons. The third-order valence-corrected chi connectivity index (χ3v) is 5.42. The number of rotatable bonds is 6. The molecule has 2 atom stereocenters. The molecule has 2 aromatic rings. The van der Waals surface area contributed by atoms with Gasteiger partial charge in [0.1, 0.15) is 0 Å². The molecule has 0 spiro atoms. The molecule has 3 rings (SSSR count). The summed E-state index contributed by atoms with van der Waals surface area (Å²) in [4.78, 5) is 14.0. The number of likely N-dealkylation sites (tertiary alicyclic amines) is 1. The van der Waals surface area contributed by atoms with Crippen molar-refractivity contribution < 1.29 is 13.2 Å². The number of nitrogens with zero attached hydrogens (tertiary/aromatic N) is 1. The van der Waals surface area contributed by atoms with Gasteiger partial charge in [0.2, 0.25) is 10.0 Å². The standard InChI is InChI=1S/C20H25N3O3S/c1-3-21-20(24)23-14-18(22-27(2,25)26)19(23)13-15-8-7-11-17(12-15)16-9-5-4-6-10-16/h4-12,18-19,22H,3,13-14H2,1-2H3,(H,21,24).